The smallest absolute Gasteiger partial charge is 0.303 e. The second-order valence-corrected chi connectivity index (χ2v) is 4.57. The van der Waals surface area contributed by atoms with Crippen molar-refractivity contribution in [3.63, 3.8) is 0 Å². The van der Waals surface area contributed by atoms with Crippen molar-refractivity contribution < 1.29 is 9.90 Å². The summed E-state index contributed by atoms with van der Waals surface area (Å²) in [7, 11) is 0. The average Bonchev–Trinajstić information content (AvgIpc) is 2.07. The van der Waals surface area contributed by atoms with Gasteiger partial charge in [0.25, 0.3) is 0 Å². The molecule has 1 heterocycles. The van der Waals surface area contributed by atoms with Crippen LogP contribution in [0.1, 0.15) is 40.0 Å². The highest BCUT2D eigenvalue weighted by molar-refractivity contribution is 5.67. The Labute approximate surface area is 86.1 Å². The van der Waals surface area contributed by atoms with E-state index in [1.165, 1.54) is 0 Å². The third-order valence-electron chi connectivity index (χ3n) is 3.30. The Bertz CT molecular complexity index is 203. The fourth-order valence-corrected chi connectivity index (χ4v) is 2.48. The van der Waals surface area contributed by atoms with Crippen LogP contribution in [-0.4, -0.2) is 34.6 Å². The maximum Gasteiger partial charge on any atom is 0.303 e. The van der Waals surface area contributed by atoms with Gasteiger partial charge in [0.1, 0.15) is 0 Å². The second kappa shape index (κ2) is 4.78. The average molecular weight is 199 g/mol. The van der Waals surface area contributed by atoms with Gasteiger partial charge in [-0.25, -0.2) is 0 Å². The molecule has 0 radical (unpaired) electrons. The monoisotopic (exact) mass is 199 g/mol. The minimum Gasteiger partial charge on any atom is -0.481 e. The summed E-state index contributed by atoms with van der Waals surface area (Å²) in [6.45, 7) is 7.64. The number of aliphatic carboxylic acids is 1. The van der Waals surface area contributed by atoms with Crippen LogP contribution in [0.25, 0.3) is 0 Å². The summed E-state index contributed by atoms with van der Waals surface area (Å²) >= 11 is 0. The number of rotatable bonds is 3. The van der Waals surface area contributed by atoms with Crippen molar-refractivity contribution in [3.05, 3.63) is 0 Å². The van der Waals surface area contributed by atoms with E-state index in [2.05, 4.69) is 25.7 Å². The minimum atomic E-state index is -0.660. The molecule has 1 N–H and O–H groups in total. The topological polar surface area (TPSA) is 40.5 Å². The molecule has 1 saturated heterocycles. The summed E-state index contributed by atoms with van der Waals surface area (Å²) in [6.07, 6.45) is 2.53. The third kappa shape index (κ3) is 2.71. The van der Waals surface area contributed by atoms with E-state index in [0.717, 1.165) is 19.4 Å². The second-order valence-electron chi connectivity index (χ2n) is 4.57. The fourth-order valence-electron chi connectivity index (χ4n) is 2.48. The predicted molar refractivity (Wildman–Crippen MR) is 56.3 cm³/mol. The molecule has 2 atom stereocenters. The molecule has 2 unspecified atom stereocenters. The van der Waals surface area contributed by atoms with Gasteiger partial charge in [-0.2, -0.15) is 0 Å². The lowest BCUT2D eigenvalue weighted by atomic mass is 9.87. The van der Waals surface area contributed by atoms with Crippen molar-refractivity contribution in [1.29, 1.82) is 0 Å². The fraction of sp³-hybridized carbons (Fsp3) is 0.909. The van der Waals surface area contributed by atoms with Gasteiger partial charge < -0.3 is 5.11 Å². The van der Waals surface area contributed by atoms with Gasteiger partial charge >= 0.3 is 5.97 Å². The molecule has 0 bridgehead atoms. The Balaban J connectivity index is 2.56. The van der Waals surface area contributed by atoms with E-state index < -0.39 is 5.97 Å². The maximum atomic E-state index is 10.7. The van der Waals surface area contributed by atoms with Crippen LogP contribution < -0.4 is 0 Å². The first-order chi connectivity index (χ1) is 6.52. The van der Waals surface area contributed by atoms with Crippen molar-refractivity contribution in [2.24, 2.45) is 5.92 Å². The number of carbonyl (C=O) groups is 1. The Morgan fingerprint density at radius 2 is 2.21 bits per heavy atom. The van der Waals surface area contributed by atoms with Crippen LogP contribution in [0.2, 0.25) is 0 Å². The van der Waals surface area contributed by atoms with Crippen LogP contribution in [0.15, 0.2) is 0 Å². The molecule has 0 saturated carbocycles. The molecule has 1 fully saturated rings. The summed E-state index contributed by atoms with van der Waals surface area (Å²) in [6, 6.07) is 0.946. The summed E-state index contributed by atoms with van der Waals surface area (Å²) in [5.74, 6) is -0.323. The molecule has 0 spiro atoms. The molecule has 0 aromatic rings. The zero-order valence-electron chi connectivity index (χ0n) is 9.36. The summed E-state index contributed by atoms with van der Waals surface area (Å²) in [5, 5.41) is 8.79. The highest BCUT2D eigenvalue weighted by Gasteiger charge is 2.30. The molecule has 0 aromatic carbocycles. The molecule has 82 valence electrons. The van der Waals surface area contributed by atoms with Gasteiger partial charge in [-0.05, 0) is 46.1 Å². The molecule has 3 nitrogen and oxygen atoms in total. The Morgan fingerprint density at radius 1 is 1.57 bits per heavy atom. The number of hydrogen-bond acceptors (Lipinski definition) is 2. The van der Waals surface area contributed by atoms with Crippen molar-refractivity contribution in [3.8, 4) is 0 Å². The Hall–Kier alpha value is -0.570. The van der Waals surface area contributed by atoms with Crippen molar-refractivity contribution in [1.82, 2.24) is 4.90 Å². The number of carboxylic acid groups (broad SMARTS) is 1. The first-order valence-corrected chi connectivity index (χ1v) is 5.50. The SMILES string of the molecule is CC(C)N1CCCC(CC(=O)O)C1C. The number of nitrogens with zero attached hydrogens (tertiary/aromatic N) is 1. The molecule has 1 aliphatic rings. The molecule has 0 aliphatic carbocycles. The van der Waals surface area contributed by atoms with Crippen LogP contribution in [0.5, 0.6) is 0 Å². The highest BCUT2D eigenvalue weighted by Crippen LogP contribution is 2.27. The van der Waals surface area contributed by atoms with Crippen LogP contribution in [0, 0.1) is 5.92 Å². The van der Waals surface area contributed by atoms with Gasteiger partial charge in [0.15, 0.2) is 0 Å². The van der Waals surface area contributed by atoms with E-state index in [4.69, 9.17) is 5.11 Å². The Kier molecular flexibility index (Phi) is 3.93. The van der Waals surface area contributed by atoms with Gasteiger partial charge in [0, 0.05) is 18.5 Å². The van der Waals surface area contributed by atoms with Crippen LogP contribution in [-0.2, 0) is 4.79 Å². The zero-order chi connectivity index (χ0) is 10.7. The third-order valence-corrected chi connectivity index (χ3v) is 3.30. The maximum absolute atomic E-state index is 10.7. The summed E-state index contributed by atoms with van der Waals surface area (Å²) < 4.78 is 0. The van der Waals surface area contributed by atoms with Gasteiger partial charge in [-0.1, -0.05) is 0 Å². The number of piperidine rings is 1. The van der Waals surface area contributed by atoms with Crippen LogP contribution >= 0.6 is 0 Å². The van der Waals surface area contributed by atoms with Gasteiger partial charge in [0.2, 0.25) is 0 Å². The summed E-state index contributed by atoms with van der Waals surface area (Å²) in [4.78, 5) is 13.1. The van der Waals surface area contributed by atoms with Gasteiger partial charge in [0.05, 0.1) is 0 Å². The molecule has 1 aliphatic heterocycles. The molecule has 3 heteroatoms. The number of likely N-dealkylation sites (tertiary alicyclic amines) is 1. The van der Waals surface area contributed by atoms with E-state index in [1.54, 1.807) is 0 Å². The van der Waals surface area contributed by atoms with E-state index >= 15 is 0 Å². The molecular weight excluding hydrogens is 178 g/mol. The zero-order valence-corrected chi connectivity index (χ0v) is 9.36. The minimum absolute atomic E-state index is 0.324. The van der Waals surface area contributed by atoms with Crippen molar-refractivity contribution >= 4 is 5.97 Å². The standard InChI is InChI=1S/C11H21NO2/c1-8(2)12-6-4-5-10(9(12)3)7-11(13)14/h8-10H,4-7H2,1-3H3,(H,13,14). The lowest BCUT2D eigenvalue weighted by Gasteiger charge is -2.41. The predicted octanol–water partition coefficient (Wildman–Crippen LogP) is 1.97. The largest absolute Gasteiger partial charge is 0.481 e. The van der Waals surface area contributed by atoms with Gasteiger partial charge in [-0.3, -0.25) is 9.69 Å². The van der Waals surface area contributed by atoms with Crippen LogP contribution in [0.4, 0.5) is 0 Å². The lowest BCUT2D eigenvalue weighted by molar-refractivity contribution is -0.139. The van der Waals surface area contributed by atoms with Crippen LogP contribution in [0.3, 0.4) is 0 Å². The number of carboxylic acids is 1. The molecule has 14 heavy (non-hydrogen) atoms. The normalized spacial score (nSPS) is 29.4. The Morgan fingerprint density at radius 3 is 2.71 bits per heavy atom. The van der Waals surface area contributed by atoms with Gasteiger partial charge in [-0.15, -0.1) is 0 Å². The molecular formula is C11H21NO2. The van der Waals surface area contributed by atoms with Crippen molar-refractivity contribution in [2.45, 2.75) is 52.1 Å². The first kappa shape index (κ1) is 11.5. The first-order valence-electron chi connectivity index (χ1n) is 5.50. The van der Waals surface area contributed by atoms with E-state index in [9.17, 15) is 4.79 Å². The van der Waals surface area contributed by atoms with E-state index in [1.807, 2.05) is 0 Å². The van der Waals surface area contributed by atoms with E-state index in [0.29, 0.717) is 24.4 Å². The number of hydrogen-bond donors (Lipinski definition) is 1. The van der Waals surface area contributed by atoms with E-state index in [-0.39, 0.29) is 0 Å². The quantitative estimate of drug-likeness (QED) is 0.755. The van der Waals surface area contributed by atoms with Crippen molar-refractivity contribution in [2.75, 3.05) is 6.54 Å². The lowest BCUT2D eigenvalue weighted by Crippen LogP contribution is -2.47. The molecule has 1 rings (SSSR count). The highest BCUT2D eigenvalue weighted by atomic mass is 16.4. The molecule has 0 amide bonds. The molecule has 0 aromatic heterocycles. The summed E-state index contributed by atoms with van der Waals surface area (Å²) in [5.41, 5.74) is 0.